The Kier molecular flexibility index (Phi) is 5.36. The maximum Gasteiger partial charge on any atom is 0.262 e. The van der Waals surface area contributed by atoms with Crippen molar-refractivity contribution >= 4 is 22.7 Å². The van der Waals surface area contributed by atoms with Gasteiger partial charge in [-0.05, 0) is 47.7 Å². The molecule has 1 aliphatic rings. The number of nitrogens with one attached hydrogen (secondary N) is 1. The van der Waals surface area contributed by atoms with E-state index in [4.69, 9.17) is 10.5 Å². The van der Waals surface area contributed by atoms with Crippen molar-refractivity contribution in [3.05, 3.63) is 57.1 Å². The molecule has 29 heavy (non-hydrogen) atoms. The van der Waals surface area contributed by atoms with Gasteiger partial charge in [-0.15, -0.1) is 11.8 Å². The summed E-state index contributed by atoms with van der Waals surface area (Å²) in [5.74, 6) is 0.267. The molecular weight excluding hydrogens is 394 g/mol. The van der Waals surface area contributed by atoms with Crippen LogP contribution in [0.2, 0.25) is 0 Å². The van der Waals surface area contributed by atoms with Gasteiger partial charge in [-0.1, -0.05) is 12.1 Å². The second kappa shape index (κ2) is 7.80. The summed E-state index contributed by atoms with van der Waals surface area (Å²) in [6.07, 6.45) is 0.762. The number of halogens is 2. The lowest BCUT2D eigenvalue weighted by atomic mass is 9.91. The van der Waals surface area contributed by atoms with E-state index in [0.29, 0.717) is 16.2 Å². The molecule has 152 valence electrons. The van der Waals surface area contributed by atoms with E-state index in [0.717, 1.165) is 39.8 Å². The molecule has 1 atom stereocenters. The summed E-state index contributed by atoms with van der Waals surface area (Å²) in [6.45, 7) is 1.24. The second-order valence-corrected chi connectivity index (χ2v) is 8.31. The van der Waals surface area contributed by atoms with Crippen LogP contribution in [0.3, 0.4) is 0 Å². The molecule has 0 unspecified atom stereocenters. The number of aromatic nitrogens is 1. The zero-order valence-electron chi connectivity index (χ0n) is 16.3. The summed E-state index contributed by atoms with van der Waals surface area (Å²) >= 11 is 1.53. The summed E-state index contributed by atoms with van der Waals surface area (Å²) in [5, 5.41) is 0.884. The largest absolute Gasteiger partial charge is 0.496 e. The van der Waals surface area contributed by atoms with Gasteiger partial charge in [0.2, 0.25) is 0 Å². The number of ether oxygens (including phenoxy) is 1. The highest BCUT2D eigenvalue weighted by atomic mass is 32.2. The van der Waals surface area contributed by atoms with Gasteiger partial charge in [-0.3, -0.25) is 9.18 Å². The summed E-state index contributed by atoms with van der Waals surface area (Å²) in [6, 6.07) is 6.61. The first-order valence-electron chi connectivity index (χ1n) is 9.45. The van der Waals surface area contributed by atoms with Gasteiger partial charge >= 0.3 is 0 Å². The molecule has 3 aromatic rings. The van der Waals surface area contributed by atoms with Gasteiger partial charge in [-0.2, -0.15) is 0 Å². The topological polar surface area (TPSA) is 68.1 Å². The minimum atomic E-state index is -0.713. The Morgan fingerprint density at radius 2 is 2.14 bits per heavy atom. The molecule has 0 aliphatic carbocycles. The van der Waals surface area contributed by atoms with Gasteiger partial charge in [0.15, 0.2) is 0 Å². The van der Waals surface area contributed by atoms with Crippen molar-refractivity contribution in [1.29, 1.82) is 0 Å². The maximum atomic E-state index is 14.9. The maximum absolute atomic E-state index is 14.9. The first-order chi connectivity index (χ1) is 14.0. The summed E-state index contributed by atoms with van der Waals surface area (Å²) in [5.41, 5.74) is 9.70. The third kappa shape index (κ3) is 3.22. The first-order valence-corrected chi connectivity index (χ1v) is 10.4. The molecule has 2 aromatic carbocycles. The number of alkyl halides is 1. The van der Waals surface area contributed by atoms with Crippen molar-refractivity contribution in [1.82, 2.24) is 4.98 Å². The lowest BCUT2D eigenvalue weighted by Crippen LogP contribution is -2.15. The molecule has 0 saturated carbocycles. The van der Waals surface area contributed by atoms with Crippen LogP contribution in [0.15, 0.2) is 34.0 Å². The highest BCUT2D eigenvalue weighted by Gasteiger charge is 2.25. The SMILES string of the molecule is COc1cc(C)c2[nH]c(=O)c3c(c2c1-c1ccc([C@H](CN)CF)c(F)c1)CCS3. The van der Waals surface area contributed by atoms with Gasteiger partial charge in [0, 0.05) is 29.2 Å². The Morgan fingerprint density at radius 3 is 2.79 bits per heavy atom. The molecule has 4 rings (SSSR count). The smallest absolute Gasteiger partial charge is 0.262 e. The van der Waals surface area contributed by atoms with Crippen LogP contribution >= 0.6 is 11.8 Å². The number of rotatable bonds is 5. The zero-order valence-corrected chi connectivity index (χ0v) is 17.1. The number of fused-ring (bicyclic) bond motifs is 3. The summed E-state index contributed by atoms with van der Waals surface area (Å²) in [4.78, 5) is 16.2. The Hall–Kier alpha value is -2.38. The zero-order chi connectivity index (χ0) is 20.7. The highest BCUT2D eigenvalue weighted by Crippen LogP contribution is 2.44. The third-order valence-corrected chi connectivity index (χ3v) is 6.66. The fraction of sp³-hybridized carbons (Fsp3) is 0.318. The minimum Gasteiger partial charge on any atom is -0.496 e. The minimum absolute atomic E-state index is 0.0372. The van der Waals surface area contributed by atoms with Crippen LogP contribution in [0, 0.1) is 12.7 Å². The van der Waals surface area contributed by atoms with Crippen molar-refractivity contribution in [2.45, 2.75) is 24.2 Å². The number of methoxy groups -OCH3 is 1. The Bertz CT molecular complexity index is 1160. The normalized spacial score (nSPS) is 14.2. The number of thioether (sulfide) groups is 1. The van der Waals surface area contributed by atoms with Crippen LogP contribution in [0.5, 0.6) is 5.75 Å². The summed E-state index contributed by atoms with van der Waals surface area (Å²) < 4.78 is 33.7. The molecule has 0 fully saturated rings. The predicted molar refractivity (Wildman–Crippen MR) is 113 cm³/mol. The molecule has 3 N–H and O–H groups in total. The average molecular weight is 416 g/mol. The number of hydrogen-bond donors (Lipinski definition) is 2. The standard InChI is InChI=1S/C22H22F2N2O2S/c1-11-7-17(28-2)18(12-3-4-14(16(24)8-12)13(9-23)10-25)19-15-5-6-29-21(15)22(27)26-20(11)19/h3-4,7-8,13H,5-6,9-10,25H2,1-2H3,(H,26,27)/t13-/m0/s1. The Labute approximate surface area is 171 Å². The van der Waals surface area contributed by atoms with E-state index < -0.39 is 18.4 Å². The first kappa shape index (κ1) is 19.9. The molecule has 4 nitrogen and oxygen atoms in total. The Balaban J connectivity index is 2.04. The summed E-state index contributed by atoms with van der Waals surface area (Å²) in [7, 11) is 1.57. The number of H-pyrrole nitrogens is 1. The quantitative estimate of drug-likeness (QED) is 0.650. The number of hydrogen-bond acceptors (Lipinski definition) is 4. The van der Waals surface area contributed by atoms with Gasteiger partial charge < -0.3 is 15.5 Å². The lowest BCUT2D eigenvalue weighted by Gasteiger charge is -2.18. The second-order valence-electron chi connectivity index (χ2n) is 7.20. The van der Waals surface area contributed by atoms with Gasteiger partial charge in [0.05, 0.1) is 24.2 Å². The third-order valence-electron chi connectivity index (χ3n) is 5.53. The molecule has 7 heteroatoms. The average Bonchev–Trinajstić information content (AvgIpc) is 3.21. The van der Waals surface area contributed by atoms with Crippen molar-refractivity contribution in [2.24, 2.45) is 5.73 Å². The molecule has 1 aromatic heterocycles. The van der Waals surface area contributed by atoms with Crippen LogP contribution in [0.4, 0.5) is 8.78 Å². The van der Waals surface area contributed by atoms with Crippen LogP contribution < -0.4 is 16.0 Å². The molecule has 0 spiro atoms. The molecule has 0 bridgehead atoms. The molecule has 1 aliphatic heterocycles. The molecule has 0 radical (unpaired) electrons. The molecular formula is C22H22F2N2O2S. The number of benzene rings is 2. The van der Waals surface area contributed by atoms with Crippen LogP contribution in [-0.4, -0.2) is 31.1 Å². The van der Waals surface area contributed by atoms with Crippen molar-refractivity contribution < 1.29 is 13.5 Å². The molecule has 0 amide bonds. The number of aromatic amines is 1. The molecule has 2 heterocycles. The monoisotopic (exact) mass is 416 g/mol. The fourth-order valence-electron chi connectivity index (χ4n) is 4.05. The predicted octanol–water partition coefficient (Wildman–Crippen LogP) is 4.31. The van der Waals surface area contributed by atoms with E-state index in [1.54, 1.807) is 19.2 Å². The van der Waals surface area contributed by atoms with Crippen LogP contribution in [0.25, 0.3) is 22.0 Å². The van der Waals surface area contributed by atoms with Gasteiger partial charge in [-0.25, -0.2) is 4.39 Å². The number of pyridine rings is 1. The number of aryl methyl sites for hydroxylation is 2. The number of nitrogens with two attached hydrogens (primary N) is 1. The highest BCUT2D eigenvalue weighted by molar-refractivity contribution is 7.99. The van der Waals surface area contributed by atoms with E-state index >= 15 is 0 Å². The Morgan fingerprint density at radius 1 is 1.34 bits per heavy atom. The van der Waals surface area contributed by atoms with E-state index in [1.807, 2.05) is 13.0 Å². The van der Waals surface area contributed by atoms with Crippen molar-refractivity contribution in [3.63, 3.8) is 0 Å². The molecule has 0 saturated heterocycles. The van der Waals surface area contributed by atoms with E-state index in [9.17, 15) is 13.6 Å². The van der Waals surface area contributed by atoms with Crippen LogP contribution in [-0.2, 0) is 6.42 Å². The van der Waals surface area contributed by atoms with Crippen LogP contribution in [0.1, 0.15) is 22.6 Å². The fourth-order valence-corrected chi connectivity index (χ4v) is 5.12. The van der Waals surface area contributed by atoms with Gasteiger partial charge in [0.1, 0.15) is 11.6 Å². The van der Waals surface area contributed by atoms with Crippen molar-refractivity contribution in [3.8, 4) is 16.9 Å². The van der Waals surface area contributed by atoms with E-state index in [1.165, 1.54) is 17.8 Å². The van der Waals surface area contributed by atoms with Gasteiger partial charge in [0.25, 0.3) is 5.56 Å². The van der Waals surface area contributed by atoms with E-state index in [2.05, 4.69) is 4.98 Å². The van der Waals surface area contributed by atoms with Crippen molar-refractivity contribution in [2.75, 3.05) is 26.1 Å². The lowest BCUT2D eigenvalue weighted by molar-refractivity contribution is 0.416. The van der Waals surface area contributed by atoms with E-state index in [-0.39, 0.29) is 17.7 Å².